The van der Waals surface area contributed by atoms with Crippen LogP contribution in [0.15, 0.2) is 40.1 Å². The van der Waals surface area contributed by atoms with Crippen LogP contribution in [0, 0.1) is 0 Å². The first-order chi connectivity index (χ1) is 14.6. The van der Waals surface area contributed by atoms with Gasteiger partial charge in [0.15, 0.2) is 9.50 Å². The Hall–Kier alpha value is -2.08. The van der Waals surface area contributed by atoms with Gasteiger partial charge in [0.2, 0.25) is 11.8 Å². The number of aryl methyl sites for hydroxylation is 1. The van der Waals surface area contributed by atoms with E-state index in [-0.39, 0.29) is 17.6 Å². The molecular weight excluding hydrogens is 442 g/mol. The Morgan fingerprint density at radius 2 is 2.07 bits per heavy atom. The lowest BCUT2D eigenvalue weighted by atomic mass is 10.3. The molecule has 1 aliphatic heterocycles. The van der Waals surface area contributed by atoms with Gasteiger partial charge in [-0.05, 0) is 18.2 Å². The van der Waals surface area contributed by atoms with E-state index in [1.807, 2.05) is 40.9 Å². The van der Waals surface area contributed by atoms with Crippen LogP contribution in [0.5, 0.6) is 0 Å². The fraction of sp³-hybridized carbons (Fsp3) is 0.368. The molecule has 3 aromatic rings. The number of carbonyl (C=O) groups excluding carboxylic acids is 2. The van der Waals surface area contributed by atoms with Gasteiger partial charge in [0, 0.05) is 38.2 Å². The Morgan fingerprint density at radius 3 is 2.83 bits per heavy atom. The number of nitrogens with zero attached hydrogens (tertiary/aromatic N) is 4. The van der Waals surface area contributed by atoms with Crippen LogP contribution < -0.4 is 5.32 Å². The van der Waals surface area contributed by atoms with Gasteiger partial charge in [-0.25, -0.2) is 9.97 Å². The van der Waals surface area contributed by atoms with E-state index >= 15 is 0 Å². The van der Waals surface area contributed by atoms with Crippen molar-refractivity contribution >= 4 is 62.6 Å². The molecule has 1 aliphatic rings. The number of fused-ring (bicyclic) bond motifs is 1. The second-order valence-corrected chi connectivity index (χ2v) is 9.80. The SMILES string of the molecule is Cn1ccnc1SCC(=O)Nc1ccc2nc(SCC(=O)N3CCOCC3)sc2c1. The third-order valence-corrected chi connectivity index (χ3v) is 7.65. The first-order valence-corrected chi connectivity index (χ1v) is 12.2. The lowest BCUT2D eigenvalue weighted by Crippen LogP contribution is -2.41. The number of thioether (sulfide) groups is 2. The summed E-state index contributed by atoms with van der Waals surface area (Å²) in [6.07, 6.45) is 3.56. The number of anilines is 1. The van der Waals surface area contributed by atoms with Crippen molar-refractivity contribution in [3.8, 4) is 0 Å². The maximum Gasteiger partial charge on any atom is 0.234 e. The monoisotopic (exact) mass is 463 g/mol. The molecule has 1 N–H and O–H groups in total. The molecule has 1 saturated heterocycles. The van der Waals surface area contributed by atoms with Crippen LogP contribution in [0.3, 0.4) is 0 Å². The van der Waals surface area contributed by atoms with E-state index in [2.05, 4.69) is 15.3 Å². The zero-order valence-electron chi connectivity index (χ0n) is 16.4. The minimum absolute atomic E-state index is 0.0856. The van der Waals surface area contributed by atoms with Crippen molar-refractivity contribution in [2.75, 3.05) is 43.1 Å². The fourth-order valence-corrected chi connectivity index (χ4v) is 5.63. The van der Waals surface area contributed by atoms with Gasteiger partial charge < -0.3 is 19.5 Å². The number of ether oxygens (including phenoxy) is 1. The largest absolute Gasteiger partial charge is 0.378 e. The number of amides is 2. The van der Waals surface area contributed by atoms with Crippen molar-refractivity contribution in [3.05, 3.63) is 30.6 Å². The molecular formula is C19H21N5O3S3. The van der Waals surface area contributed by atoms with Crippen molar-refractivity contribution in [2.24, 2.45) is 7.05 Å². The average Bonchev–Trinajstić information content (AvgIpc) is 3.36. The number of carbonyl (C=O) groups is 2. The van der Waals surface area contributed by atoms with Gasteiger partial charge in [-0.1, -0.05) is 23.5 Å². The summed E-state index contributed by atoms with van der Waals surface area (Å²) >= 11 is 4.37. The summed E-state index contributed by atoms with van der Waals surface area (Å²) in [5.41, 5.74) is 1.60. The molecule has 4 rings (SSSR count). The van der Waals surface area contributed by atoms with Crippen LogP contribution in [0.1, 0.15) is 0 Å². The van der Waals surface area contributed by atoms with Crippen molar-refractivity contribution in [1.29, 1.82) is 0 Å². The smallest absolute Gasteiger partial charge is 0.234 e. The Morgan fingerprint density at radius 1 is 1.23 bits per heavy atom. The lowest BCUT2D eigenvalue weighted by Gasteiger charge is -2.26. The fourth-order valence-electron chi connectivity index (χ4n) is 2.89. The highest BCUT2D eigenvalue weighted by molar-refractivity contribution is 8.01. The number of hydrogen-bond donors (Lipinski definition) is 1. The second kappa shape index (κ2) is 9.82. The molecule has 2 aromatic heterocycles. The molecule has 0 saturated carbocycles. The quantitative estimate of drug-likeness (QED) is 0.539. The normalized spacial score (nSPS) is 14.2. The number of aromatic nitrogens is 3. The molecule has 0 bridgehead atoms. The van der Waals surface area contributed by atoms with Crippen LogP contribution >= 0.6 is 34.9 Å². The van der Waals surface area contributed by atoms with Crippen LogP contribution in [0.4, 0.5) is 5.69 Å². The molecule has 3 heterocycles. The molecule has 2 amide bonds. The molecule has 158 valence electrons. The summed E-state index contributed by atoms with van der Waals surface area (Å²) in [4.78, 5) is 35.2. The molecule has 1 fully saturated rings. The molecule has 0 unspecified atom stereocenters. The summed E-state index contributed by atoms with van der Waals surface area (Å²) < 4.78 is 8.99. The number of nitrogens with one attached hydrogen (secondary N) is 1. The van der Waals surface area contributed by atoms with Crippen LogP contribution in [-0.4, -0.2) is 69.1 Å². The van der Waals surface area contributed by atoms with Crippen LogP contribution in [0.25, 0.3) is 10.2 Å². The van der Waals surface area contributed by atoms with Gasteiger partial charge in [0.05, 0.1) is 34.9 Å². The summed E-state index contributed by atoms with van der Waals surface area (Å²) in [5.74, 6) is 0.683. The second-order valence-electron chi connectivity index (χ2n) is 6.60. The Labute approximate surface area is 186 Å². The first-order valence-electron chi connectivity index (χ1n) is 9.37. The first kappa shape index (κ1) is 21.2. The van der Waals surface area contributed by atoms with E-state index in [4.69, 9.17) is 4.74 Å². The van der Waals surface area contributed by atoms with E-state index in [9.17, 15) is 9.59 Å². The summed E-state index contributed by atoms with van der Waals surface area (Å²) in [5, 5.41) is 3.72. The minimum Gasteiger partial charge on any atom is -0.378 e. The van der Waals surface area contributed by atoms with E-state index in [0.717, 1.165) is 25.4 Å². The molecule has 11 heteroatoms. The van der Waals surface area contributed by atoms with Crippen LogP contribution in [-0.2, 0) is 21.4 Å². The third kappa shape index (κ3) is 5.34. The standard InChI is InChI=1S/C19H21N5O3S3/c1-23-5-4-20-18(23)28-11-16(25)21-13-2-3-14-15(10-13)30-19(22-14)29-12-17(26)24-6-8-27-9-7-24/h2-5,10H,6-9,11-12H2,1H3,(H,21,25). The Balaban J connectivity index is 1.32. The van der Waals surface area contributed by atoms with Crippen molar-refractivity contribution in [1.82, 2.24) is 19.4 Å². The molecule has 30 heavy (non-hydrogen) atoms. The number of thiazole rings is 1. The minimum atomic E-state index is -0.0856. The molecule has 0 radical (unpaired) electrons. The van der Waals surface area contributed by atoms with Crippen molar-refractivity contribution in [2.45, 2.75) is 9.50 Å². The van der Waals surface area contributed by atoms with Gasteiger partial charge in [0.25, 0.3) is 0 Å². The third-order valence-electron chi connectivity index (χ3n) is 4.44. The Kier molecular flexibility index (Phi) is 6.93. The van der Waals surface area contributed by atoms with Crippen molar-refractivity contribution < 1.29 is 14.3 Å². The maximum atomic E-state index is 12.3. The van der Waals surface area contributed by atoms with Gasteiger partial charge in [-0.3, -0.25) is 9.59 Å². The lowest BCUT2D eigenvalue weighted by molar-refractivity contribution is -0.132. The Bertz CT molecular complexity index is 1050. The number of hydrogen-bond acceptors (Lipinski definition) is 8. The number of imidazole rings is 1. The number of benzene rings is 1. The van der Waals surface area contributed by atoms with Crippen molar-refractivity contribution in [3.63, 3.8) is 0 Å². The molecule has 1 aromatic carbocycles. The highest BCUT2D eigenvalue weighted by Gasteiger charge is 2.17. The number of rotatable bonds is 7. The zero-order chi connectivity index (χ0) is 20.9. The highest BCUT2D eigenvalue weighted by atomic mass is 32.2. The predicted molar refractivity (Wildman–Crippen MR) is 120 cm³/mol. The summed E-state index contributed by atoms with van der Waals surface area (Å²) in [6, 6.07) is 5.66. The van der Waals surface area contributed by atoms with Gasteiger partial charge in [-0.15, -0.1) is 11.3 Å². The highest BCUT2D eigenvalue weighted by Crippen LogP contribution is 2.31. The van der Waals surface area contributed by atoms with Crippen LogP contribution in [0.2, 0.25) is 0 Å². The summed E-state index contributed by atoms with van der Waals surface area (Å²) in [7, 11) is 1.90. The van der Waals surface area contributed by atoms with Gasteiger partial charge in [0.1, 0.15) is 0 Å². The van der Waals surface area contributed by atoms with Gasteiger partial charge >= 0.3 is 0 Å². The maximum absolute atomic E-state index is 12.3. The van der Waals surface area contributed by atoms with E-state index in [0.29, 0.717) is 32.1 Å². The zero-order valence-corrected chi connectivity index (χ0v) is 18.8. The summed E-state index contributed by atoms with van der Waals surface area (Å²) in [6.45, 7) is 2.51. The molecule has 8 nitrogen and oxygen atoms in total. The van der Waals surface area contributed by atoms with E-state index in [1.165, 1.54) is 34.9 Å². The average molecular weight is 464 g/mol. The molecule has 0 aliphatic carbocycles. The molecule has 0 atom stereocenters. The van der Waals surface area contributed by atoms with E-state index in [1.54, 1.807) is 6.20 Å². The predicted octanol–water partition coefficient (Wildman–Crippen LogP) is 2.71. The number of morpholine rings is 1. The topological polar surface area (TPSA) is 89.3 Å². The molecule has 0 spiro atoms. The van der Waals surface area contributed by atoms with Gasteiger partial charge in [-0.2, -0.15) is 0 Å². The van der Waals surface area contributed by atoms with E-state index < -0.39 is 0 Å².